The van der Waals surface area contributed by atoms with E-state index in [1.54, 1.807) is 7.05 Å². The lowest BCUT2D eigenvalue weighted by Gasteiger charge is -2.12. The summed E-state index contributed by atoms with van der Waals surface area (Å²) < 4.78 is 24.3. The molecule has 0 atom stereocenters. The molecular weight excluding hydrogens is 324 g/mol. The number of hydrogen-bond donors (Lipinski definition) is 3. The number of nitrogens with one attached hydrogen (secondary N) is 3. The zero-order valence-electron chi connectivity index (χ0n) is 12.9. The van der Waals surface area contributed by atoms with Crippen molar-refractivity contribution < 1.29 is 8.42 Å². The first-order valence-electron chi connectivity index (χ1n) is 7.05. The molecule has 0 saturated carbocycles. The fraction of sp³-hybridized carbons (Fsp3) is 0.500. The molecule has 6 nitrogen and oxygen atoms in total. The molecule has 0 saturated heterocycles. The number of guanidine groups is 1. The van der Waals surface area contributed by atoms with Crippen LogP contribution < -0.4 is 15.4 Å². The molecule has 0 radical (unpaired) electrons. The predicted molar refractivity (Wildman–Crippen MR) is 92.0 cm³/mol. The molecule has 1 rings (SSSR count). The molecule has 0 aliphatic carbocycles. The Kier molecular flexibility index (Phi) is 8.22. The van der Waals surface area contributed by atoms with Crippen LogP contribution in [-0.2, 0) is 16.4 Å². The number of rotatable bonds is 8. The zero-order valence-corrected chi connectivity index (χ0v) is 14.5. The minimum atomic E-state index is -3.12. The number of aliphatic imine (C=N–C) groups is 1. The molecule has 0 spiro atoms. The predicted octanol–water partition coefficient (Wildman–Crippen LogP) is 0.987. The highest BCUT2D eigenvalue weighted by atomic mass is 35.5. The minimum absolute atomic E-state index is 0.405. The average molecular weight is 347 g/mol. The summed E-state index contributed by atoms with van der Waals surface area (Å²) in [6.45, 7) is 1.75. The largest absolute Gasteiger partial charge is 0.356 e. The topological polar surface area (TPSA) is 82.6 Å². The van der Waals surface area contributed by atoms with Gasteiger partial charge in [-0.3, -0.25) is 4.99 Å². The van der Waals surface area contributed by atoms with Gasteiger partial charge in [0, 0.05) is 31.7 Å². The molecular formula is C14H23ClN4O2S. The van der Waals surface area contributed by atoms with Crippen molar-refractivity contribution in [2.75, 3.05) is 32.9 Å². The number of hydrogen-bond acceptors (Lipinski definition) is 3. The van der Waals surface area contributed by atoms with Crippen LogP contribution in [0.1, 0.15) is 12.0 Å². The Balaban J connectivity index is 2.22. The third-order valence-corrected chi connectivity index (χ3v) is 3.98. The Hall–Kier alpha value is -1.31. The van der Waals surface area contributed by atoms with E-state index in [2.05, 4.69) is 20.3 Å². The minimum Gasteiger partial charge on any atom is -0.356 e. The molecule has 1 aromatic rings. The summed E-state index contributed by atoms with van der Waals surface area (Å²) in [6, 6.07) is 7.74. The first-order chi connectivity index (χ1) is 10.4. The lowest BCUT2D eigenvalue weighted by atomic mass is 10.1. The van der Waals surface area contributed by atoms with Gasteiger partial charge in [0.05, 0.1) is 6.26 Å². The van der Waals surface area contributed by atoms with Crippen molar-refractivity contribution in [3.63, 3.8) is 0 Å². The van der Waals surface area contributed by atoms with Crippen molar-refractivity contribution in [2.45, 2.75) is 12.8 Å². The van der Waals surface area contributed by atoms with E-state index in [0.717, 1.165) is 23.3 Å². The van der Waals surface area contributed by atoms with Crippen molar-refractivity contribution in [1.29, 1.82) is 0 Å². The van der Waals surface area contributed by atoms with Crippen LogP contribution in [0, 0.1) is 0 Å². The van der Waals surface area contributed by atoms with E-state index < -0.39 is 10.0 Å². The van der Waals surface area contributed by atoms with Gasteiger partial charge in [-0.2, -0.15) is 0 Å². The molecule has 0 aliphatic heterocycles. The smallest absolute Gasteiger partial charge is 0.208 e. The third-order valence-electron chi connectivity index (χ3n) is 2.88. The second kappa shape index (κ2) is 9.66. The Labute approximate surface area is 137 Å². The number of nitrogens with zero attached hydrogens (tertiary/aromatic N) is 1. The summed E-state index contributed by atoms with van der Waals surface area (Å²) in [4.78, 5) is 4.11. The van der Waals surface area contributed by atoms with Crippen LogP contribution in [0.3, 0.4) is 0 Å². The maximum Gasteiger partial charge on any atom is 0.208 e. The van der Waals surface area contributed by atoms with Crippen molar-refractivity contribution in [3.8, 4) is 0 Å². The van der Waals surface area contributed by atoms with Gasteiger partial charge in [-0.1, -0.05) is 29.8 Å². The van der Waals surface area contributed by atoms with Crippen molar-refractivity contribution in [2.24, 2.45) is 4.99 Å². The van der Waals surface area contributed by atoms with E-state index in [0.29, 0.717) is 32.0 Å². The van der Waals surface area contributed by atoms with Crippen LogP contribution in [0.25, 0.3) is 0 Å². The van der Waals surface area contributed by atoms with Gasteiger partial charge >= 0.3 is 0 Å². The molecule has 1 aromatic carbocycles. The van der Waals surface area contributed by atoms with Gasteiger partial charge in [0.15, 0.2) is 5.96 Å². The molecule has 22 heavy (non-hydrogen) atoms. The van der Waals surface area contributed by atoms with E-state index in [-0.39, 0.29) is 0 Å². The Morgan fingerprint density at radius 1 is 1.18 bits per heavy atom. The number of halogens is 1. The quantitative estimate of drug-likeness (QED) is 0.372. The van der Waals surface area contributed by atoms with Gasteiger partial charge in [0.2, 0.25) is 10.0 Å². The van der Waals surface area contributed by atoms with Crippen LogP contribution in [0.4, 0.5) is 0 Å². The van der Waals surface area contributed by atoms with Crippen LogP contribution >= 0.6 is 11.6 Å². The number of sulfonamides is 1. The summed E-state index contributed by atoms with van der Waals surface area (Å²) in [5.74, 6) is 0.686. The highest BCUT2D eigenvalue weighted by molar-refractivity contribution is 7.88. The van der Waals surface area contributed by atoms with Crippen LogP contribution in [0.15, 0.2) is 29.3 Å². The molecule has 0 amide bonds. The summed E-state index contributed by atoms with van der Waals surface area (Å²) in [5, 5.41) is 7.08. The van der Waals surface area contributed by atoms with Gasteiger partial charge in [-0.05, 0) is 24.5 Å². The molecule has 0 bridgehead atoms. The molecule has 0 aliphatic rings. The highest BCUT2D eigenvalue weighted by Crippen LogP contribution is 2.14. The molecule has 0 heterocycles. The van der Waals surface area contributed by atoms with Crippen LogP contribution in [0.5, 0.6) is 0 Å². The molecule has 124 valence electrons. The standard InChI is InChI=1S/C14H23ClN4O2S/c1-16-14(17-9-5-10-19-22(2,20)21)18-11-8-12-6-3-4-7-13(12)15/h3-4,6-7,19H,5,8-11H2,1-2H3,(H2,16,17,18). The Morgan fingerprint density at radius 3 is 2.50 bits per heavy atom. The van der Waals surface area contributed by atoms with E-state index in [4.69, 9.17) is 11.6 Å². The first kappa shape index (κ1) is 18.7. The van der Waals surface area contributed by atoms with Crippen molar-refractivity contribution in [1.82, 2.24) is 15.4 Å². The molecule has 8 heteroatoms. The second-order valence-corrected chi connectivity index (χ2v) is 7.03. The maximum atomic E-state index is 10.9. The monoisotopic (exact) mass is 346 g/mol. The Bertz CT molecular complexity index is 590. The maximum absolute atomic E-state index is 10.9. The SMILES string of the molecule is CN=C(NCCCNS(C)(=O)=O)NCCc1ccccc1Cl. The van der Waals surface area contributed by atoms with Crippen LogP contribution in [-0.4, -0.2) is 47.3 Å². The molecule has 3 N–H and O–H groups in total. The molecule has 0 aromatic heterocycles. The Morgan fingerprint density at radius 2 is 1.86 bits per heavy atom. The van der Waals surface area contributed by atoms with E-state index in [1.807, 2.05) is 24.3 Å². The van der Waals surface area contributed by atoms with Crippen molar-refractivity contribution in [3.05, 3.63) is 34.9 Å². The van der Waals surface area contributed by atoms with Gasteiger partial charge in [0.1, 0.15) is 0 Å². The van der Waals surface area contributed by atoms with Crippen molar-refractivity contribution >= 4 is 27.6 Å². The summed E-state index contributed by atoms with van der Waals surface area (Å²) in [6.07, 6.45) is 2.63. The van der Waals surface area contributed by atoms with E-state index in [1.165, 1.54) is 0 Å². The van der Waals surface area contributed by atoms with E-state index in [9.17, 15) is 8.42 Å². The van der Waals surface area contributed by atoms with Gasteiger partial charge in [-0.25, -0.2) is 13.1 Å². The zero-order chi connectivity index (χ0) is 16.4. The fourth-order valence-corrected chi connectivity index (χ4v) is 2.54. The highest BCUT2D eigenvalue weighted by Gasteiger charge is 2.02. The molecule has 0 fully saturated rings. The number of benzene rings is 1. The fourth-order valence-electron chi connectivity index (χ4n) is 1.79. The van der Waals surface area contributed by atoms with Gasteiger partial charge in [0.25, 0.3) is 0 Å². The first-order valence-corrected chi connectivity index (χ1v) is 9.32. The van der Waals surface area contributed by atoms with E-state index >= 15 is 0 Å². The summed E-state index contributed by atoms with van der Waals surface area (Å²) in [5.41, 5.74) is 1.09. The van der Waals surface area contributed by atoms with Gasteiger partial charge < -0.3 is 10.6 Å². The van der Waals surface area contributed by atoms with Gasteiger partial charge in [-0.15, -0.1) is 0 Å². The molecule has 0 unspecified atom stereocenters. The summed E-state index contributed by atoms with van der Waals surface area (Å²) in [7, 11) is -1.42. The average Bonchev–Trinajstić information content (AvgIpc) is 2.45. The third kappa shape index (κ3) is 8.21. The lowest BCUT2D eigenvalue weighted by Crippen LogP contribution is -2.39. The lowest BCUT2D eigenvalue weighted by molar-refractivity contribution is 0.584. The van der Waals surface area contributed by atoms with Crippen LogP contribution in [0.2, 0.25) is 5.02 Å². The normalized spacial score (nSPS) is 12.2. The second-order valence-electron chi connectivity index (χ2n) is 4.79. The summed E-state index contributed by atoms with van der Waals surface area (Å²) >= 11 is 6.10.